The van der Waals surface area contributed by atoms with Crippen LogP contribution >= 0.6 is 0 Å². The molecular formula is C19H29N3. The zero-order valence-corrected chi connectivity index (χ0v) is 14.1. The minimum atomic E-state index is 0.969. The molecule has 0 amide bonds. The first-order chi connectivity index (χ1) is 10.8. The van der Waals surface area contributed by atoms with E-state index in [1.807, 2.05) is 13.0 Å². The van der Waals surface area contributed by atoms with Gasteiger partial charge >= 0.3 is 0 Å². The maximum Gasteiger partial charge on any atom is 0.0948 e. The molecule has 0 bridgehead atoms. The van der Waals surface area contributed by atoms with Crippen molar-refractivity contribution in [2.75, 3.05) is 6.54 Å². The van der Waals surface area contributed by atoms with Crippen molar-refractivity contribution in [1.29, 1.82) is 0 Å². The topological polar surface area (TPSA) is 28.0 Å². The summed E-state index contributed by atoms with van der Waals surface area (Å²) in [6, 6.07) is 0. The lowest BCUT2D eigenvalue weighted by molar-refractivity contribution is 0.462. The summed E-state index contributed by atoms with van der Waals surface area (Å²) in [7, 11) is 0. The molecule has 2 aliphatic rings. The van der Waals surface area contributed by atoms with Gasteiger partial charge in [0.1, 0.15) is 0 Å². The van der Waals surface area contributed by atoms with Gasteiger partial charge in [0.05, 0.1) is 11.4 Å². The predicted octanol–water partition coefficient (Wildman–Crippen LogP) is 6.09. The fourth-order valence-electron chi connectivity index (χ4n) is 2.73. The summed E-state index contributed by atoms with van der Waals surface area (Å²) in [5.41, 5.74) is 3.09. The Kier molecular flexibility index (Phi) is 7.14. The van der Waals surface area contributed by atoms with E-state index in [0.29, 0.717) is 0 Å². The van der Waals surface area contributed by atoms with E-state index in [4.69, 9.17) is 0 Å². The molecule has 3 nitrogen and oxygen atoms in total. The second kappa shape index (κ2) is 9.39. The molecular weight excluding hydrogens is 270 g/mol. The van der Waals surface area contributed by atoms with E-state index in [0.717, 1.165) is 23.5 Å². The Labute approximate surface area is 135 Å². The van der Waals surface area contributed by atoms with Crippen molar-refractivity contribution in [3.8, 4) is 0 Å². The van der Waals surface area contributed by atoms with Crippen LogP contribution in [0.5, 0.6) is 0 Å². The number of nitrogens with zero attached hydrogens (tertiary/aromatic N) is 3. The lowest BCUT2D eigenvalue weighted by Crippen LogP contribution is -2.13. The summed E-state index contributed by atoms with van der Waals surface area (Å²) in [6.45, 7) is 5.36. The monoisotopic (exact) mass is 299 g/mol. The summed E-state index contributed by atoms with van der Waals surface area (Å²) < 4.78 is 0. The number of rotatable bonds is 9. The summed E-state index contributed by atoms with van der Waals surface area (Å²) >= 11 is 0. The quantitative estimate of drug-likeness (QED) is 0.473. The Bertz CT molecular complexity index is 479. The predicted molar refractivity (Wildman–Crippen MR) is 93.2 cm³/mol. The van der Waals surface area contributed by atoms with Gasteiger partial charge in [-0.05, 0) is 31.6 Å². The molecule has 0 spiro atoms. The molecule has 0 atom stereocenters. The maximum atomic E-state index is 4.17. The van der Waals surface area contributed by atoms with Gasteiger partial charge in [-0.25, -0.2) is 0 Å². The van der Waals surface area contributed by atoms with Gasteiger partial charge in [0.25, 0.3) is 0 Å². The average Bonchev–Trinajstić information content (AvgIpc) is 2.97. The summed E-state index contributed by atoms with van der Waals surface area (Å²) in [4.78, 5) is 2.27. The van der Waals surface area contributed by atoms with Gasteiger partial charge in [-0.3, -0.25) is 0 Å². The second-order valence-corrected chi connectivity index (χ2v) is 6.17. The number of allylic oxidation sites excluding steroid dienone is 5. The van der Waals surface area contributed by atoms with Crippen LogP contribution < -0.4 is 0 Å². The lowest BCUT2D eigenvalue weighted by Gasteiger charge is -2.18. The minimum absolute atomic E-state index is 0.969. The first-order valence-corrected chi connectivity index (χ1v) is 8.76. The average molecular weight is 299 g/mol. The lowest BCUT2D eigenvalue weighted by atomic mass is 10.1. The number of hydrogen-bond acceptors (Lipinski definition) is 3. The van der Waals surface area contributed by atoms with Gasteiger partial charge in [-0.2, -0.15) is 10.2 Å². The summed E-state index contributed by atoms with van der Waals surface area (Å²) in [6.07, 6.45) is 21.6. The maximum absolute atomic E-state index is 4.17. The zero-order valence-electron chi connectivity index (χ0n) is 14.1. The highest BCUT2D eigenvalue weighted by Gasteiger charge is 2.08. The standard InChI is InChI=1S/C19H29N3/c1-3-4-5-6-7-8-9-10-13-22-14-11-18(12-15-22)19-16-17(2)20-21-19/h11-12,14-16H,3-10,13H2,1-2H3. The Morgan fingerprint density at radius 2 is 1.50 bits per heavy atom. The van der Waals surface area contributed by atoms with Crippen LogP contribution in [-0.4, -0.2) is 11.4 Å². The van der Waals surface area contributed by atoms with Gasteiger partial charge < -0.3 is 4.90 Å². The number of hydrogen-bond donors (Lipinski definition) is 0. The van der Waals surface area contributed by atoms with E-state index in [1.54, 1.807) is 0 Å². The van der Waals surface area contributed by atoms with Gasteiger partial charge in [0, 0.05) is 24.5 Å². The van der Waals surface area contributed by atoms with Crippen LogP contribution in [0.3, 0.4) is 0 Å². The molecule has 2 aliphatic heterocycles. The molecule has 0 radical (unpaired) electrons. The Hall–Kier alpha value is -1.64. The zero-order chi connectivity index (χ0) is 15.6. The van der Waals surface area contributed by atoms with Crippen molar-refractivity contribution in [3.05, 3.63) is 47.6 Å². The highest BCUT2D eigenvalue weighted by molar-refractivity contribution is 5.44. The molecule has 22 heavy (non-hydrogen) atoms. The Morgan fingerprint density at radius 3 is 2.09 bits per heavy atom. The van der Waals surface area contributed by atoms with Crippen molar-refractivity contribution in [3.63, 3.8) is 0 Å². The number of unbranched alkanes of at least 4 members (excludes halogenated alkanes) is 7. The summed E-state index contributed by atoms with van der Waals surface area (Å²) in [5, 5.41) is 8.23. The summed E-state index contributed by atoms with van der Waals surface area (Å²) in [5.74, 6) is 0. The van der Waals surface area contributed by atoms with Crippen molar-refractivity contribution in [1.82, 2.24) is 4.90 Å². The molecule has 2 rings (SSSR count). The van der Waals surface area contributed by atoms with Crippen molar-refractivity contribution < 1.29 is 0 Å². The van der Waals surface area contributed by atoms with Gasteiger partial charge in [0.2, 0.25) is 0 Å². The van der Waals surface area contributed by atoms with Crippen LogP contribution in [0.25, 0.3) is 0 Å². The first kappa shape index (κ1) is 16.7. The fraction of sp³-hybridized carbons (Fsp3) is 0.579. The van der Waals surface area contributed by atoms with Crippen LogP contribution in [0.15, 0.2) is 57.8 Å². The molecule has 0 fully saturated rings. The number of azo groups is 1. The smallest absolute Gasteiger partial charge is 0.0948 e. The SMILES string of the molecule is CCCCCCCCCCN1C=CC(=C2C=C(C)N=N2)C=C1. The van der Waals surface area contributed by atoms with Gasteiger partial charge in [-0.15, -0.1) is 0 Å². The van der Waals surface area contributed by atoms with Crippen LogP contribution in [0, 0.1) is 0 Å². The van der Waals surface area contributed by atoms with Crippen LogP contribution in [0.4, 0.5) is 0 Å². The molecule has 0 unspecified atom stereocenters. The Morgan fingerprint density at radius 1 is 0.864 bits per heavy atom. The molecule has 0 aromatic heterocycles. The van der Waals surface area contributed by atoms with E-state index in [1.165, 1.54) is 51.4 Å². The highest BCUT2D eigenvalue weighted by Crippen LogP contribution is 2.22. The normalized spacial score (nSPS) is 16.8. The molecule has 0 N–H and O–H groups in total. The van der Waals surface area contributed by atoms with Crippen molar-refractivity contribution >= 4 is 0 Å². The third kappa shape index (κ3) is 5.63. The minimum Gasteiger partial charge on any atom is -0.354 e. The molecule has 2 heterocycles. The third-order valence-corrected chi connectivity index (χ3v) is 4.12. The van der Waals surface area contributed by atoms with E-state index in [9.17, 15) is 0 Å². The molecule has 3 heteroatoms. The van der Waals surface area contributed by atoms with E-state index < -0.39 is 0 Å². The van der Waals surface area contributed by atoms with Gasteiger partial charge in [0.15, 0.2) is 0 Å². The third-order valence-electron chi connectivity index (χ3n) is 4.12. The van der Waals surface area contributed by atoms with E-state index in [-0.39, 0.29) is 0 Å². The highest BCUT2D eigenvalue weighted by atomic mass is 15.1. The molecule has 0 saturated heterocycles. The van der Waals surface area contributed by atoms with E-state index >= 15 is 0 Å². The van der Waals surface area contributed by atoms with Gasteiger partial charge in [-0.1, -0.05) is 51.9 Å². The Balaban J connectivity index is 1.60. The molecule has 0 aromatic rings. The van der Waals surface area contributed by atoms with Crippen molar-refractivity contribution in [2.45, 2.75) is 65.2 Å². The molecule has 0 aromatic carbocycles. The first-order valence-electron chi connectivity index (χ1n) is 8.76. The molecule has 0 saturated carbocycles. The van der Waals surface area contributed by atoms with E-state index in [2.05, 4.69) is 46.6 Å². The van der Waals surface area contributed by atoms with Crippen LogP contribution in [0.2, 0.25) is 0 Å². The largest absolute Gasteiger partial charge is 0.354 e. The molecule has 0 aliphatic carbocycles. The van der Waals surface area contributed by atoms with Crippen molar-refractivity contribution in [2.24, 2.45) is 10.2 Å². The second-order valence-electron chi connectivity index (χ2n) is 6.17. The van der Waals surface area contributed by atoms with Crippen LogP contribution in [-0.2, 0) is 0 Å². The fourth-order valence-corrected chi connectivity index (χ4v) is 2.73. The van der Waals surface area contributed by atoms with Crippen LogP contribution in [0.1, 0.15) is 65.2 Å². The molecule has 120 valence electrons.